The van der Waals surface area contributed by atoms with E-state index in [4.69, 9.17) is 39.9 Å². The van der Waals surface area contributed by atoms with Gasteiger partial charge in [-0.1, -0.05) is 71.2 Å². The fourth-order valence-electron chi connectivity index (χ4n) is 4.01. The third-order valence-electron chi connectivity index (χ3n) is 5.97. The van der Waals surface area contributed by atoms with Crippen LogP contribution in [0.3, 0.4) is 0 Å². The van der Waals surface area contributed by atoms with E-state index in [0.29, 0.717) is 26.3 Å². The van der Waals surface area contributed by atoms with Crippen molar-refractivity contribution < 1.29 is 9.59 Å². The van der Waals surface area contributed by atoms with E-state index in [1.54, 1.807) is 47.5 Å². The van der Waals surface area contributed by atoms with Crippen LogP contribution in [0.2, 0.25) is 15.1 Å². The number of hydrogen-bond acceptors (Lipinski definition) is 4. The van der Waals surface area contributed by atoms with Crippen LogP contribution in [0.15, 0.2) is 109 Å². The number of amides is 2. The Hall–Kier alpha value is -4.43. The van der Waals surface area contributed by atoms with E-state index in [0.717, 1.165) is 16.8 Å². The number of para-hydroxylation sites is 1. The minimum atomic E-state index is -0.555. The lowest BCUT2D eigenvalue weighted by molar-refractivity contribution is -0.117. The molecule has 3 aromatic carbocycles. The lowest BCUT2D eigenvalue weighted by atomic mass is 10.1. The van der Waals surface area contributed by atoms with Crippen LogP contribution >= 0.6 is 34.8 Å². The van der Waals surface area contributed by atoms with Gasteiger partial charge in [-0.3, -0.25) is 14.6 Å². The van der Waals surface area contributed by atoms with Gasteiger partial charge in [0.15, 0.2) is 0 Å². The van der Waals surface area contributed by atoms with E-state index in [-0.39, 0.29) is 17.8 Å². The second-order valence-electron chi connectivity index (χ2n) is 8.93. The zero-order valence-corrected chi connectivity index (χ0v) is 23.7. The first-order valence-electron chi connectivity index (χ1n) is 12.4. The molecule has 0 saturated carbocycles. The van der Waals surface area contributed by atoms with Crippen molar-refractivity contribution in [3.05, 3.63) is 141 Å². The van der Waals surface area contributed by atoms with Crippen LogP contribution in [-0.4, -0.2) is 26.6 Å². The second-order valence-corrected chi connectivity index (χ2v) is 10.2. The minimum Gasteiger partial charge on any atom is -0.347 e. The summed E-state index contributed by atoms with van der Waals surface area (Å²) in [5.74, 6) is -1.06. The molecule has 0 aliphatic heterocycles. The van der Waals surface area contributed by atoms with Gasteiger partial charge in [-0.15, -0.1) is 0 Å². The van der Waals surface area contributed by atoms with Gasteiger partial charge in [0, 0.05) is 56.9 Å². The van der Waals surface area contributed by atoms with Crippen molar-refractivity contribution >= 4 is 52.7 Å². The normalized spacial score (nSPS) is 11.2. The van der Waals surface area contributed by atoms with Crippen LogP contribution in [0.1, 0.15) is 21.5 Å². The molecule has 0 saturated heterocycles. The third-order valence-corrected chi connectivity index (χ3v) is 6.66. The Morgan fingerprint density at radius 3 is 2.27 bits per heavy atom. The number of benzene rings is 3. The first-order chi connectivity index (χ1) is 19.9. The van der Waals surface area contributed by atoms with Gasteiger partial charge in [0.05, 0.1) is 5.69 Å². The largest absolute Gasteiger partial charge is 0.347 e. The fourth-order valence-corrected chi connectivity index (χ4v) is 4.66. The molecule has 5 aromatic rings. The Bertz CT molecular complexity index is 1700. The highest BCUT2D eigenvalue weighted by Gasteiger charge is 2.19. The number of nitrogens with zero attached hydrogens (tertiary/aromatic N) is 3. The van der Waals surface area contributed by atoms with Crippen LogP contribution in [0.4, 0.5) is 0 Å². The highest BCUT2D eigenvalue weighted by molar-refractivity contribution is 6.35. The van der Waals surface area contributed by atoms with Gasteiger partial charge >= 0.3 is 0 Å². The lowest BCUT2D eigenvalue weighted by Crippen LogP contribution is -2.34. The standard InChI is InChI=1S/C31H22Cl3N5O2/c32-24-10-8-21(9-11-24)29-23(19-39(38-29)27-6-2-1-3-7-27)15-28(31(41)36-18-20-5-4-12-35-17-20)37-30(40)22-13-25(33)16-26(34)14-22/h1-17,19H,18H2,(H,36,41)(H,37,40). The van der Waals surface area contributed by atoms with Gasteiger partial charge in [0.2, 0.25) is 0 Å². The molecule has 2 N–H and O–H groups in total. The molecule has 41 heavy (non-hydrogen) atoms. The molecule has 0 aliphatic rings. The second kappa shape index (κ2) is 12.8. The molecule has 0 radical (unpaired) electrons. The summed E-state index contributed by atoms with van der Waals surface area (Å²) in [6, 6.07) is 24.8. The van der Waals surface area contributed by atoms with Gasteiger partial charge in [0.25, 0.3) is 11.8 Å². The summed E-state index contributed by atoms with van der Waals surface area (Å²) in [5, 5.41) is 11.5. The molecule has 0 aliphatic carbocycles. The van der Waals surface area contributed by atoms with Gasteiger partial charge in [0.1, 0.15) is 11.4 Å². The summed E-state index contributed by atoms with van der Waals surface area (Å²) in [6.45, 7) is 0.205. The number of rotatable bonds is 8. The zero-order chi connectivity index (χ0) is 28.8. The highest BCUT2D eigenvalue weighted by Crippen LogP contribution is 2.27. The third kappa shape index (κ3) is 7.21. The average molecular weight is 603 g/mol. The Balaban J connectivity index is 1.56. The number of halogens is 3. The Morgan fingerprint density at radius 2 is 1.59 bits per heavy atom. The molecule has 2 aromatic heterocycles. The van der Waals surface area contributed by atoms with E-state index in [1.807, 2.05) is 48.5 Å². The van der Waals surface area contributed by atoms with E-state index in [2.05, 4.69) is 15.6 Å². The van der Waals surface area contributed by atoms with E-state index in [1.165, 1.54) is 18.2 Å². The summed E-state index contributed by atoms with van der Waals surface area (Å²) >= 11 is 18.4. The summed E-state index contributed by atoms with van der Waals surface area (Å²) in [6.07, 6.45) is 6.67. The summed E-state index contributed by atoms with van der Waals surface area (Å²) in [5.41, 5.74) is 3.77. The molecule has 7 nitrogen and oxygen atoms in total. The first-order valence-corrected chi connectivity index (χ1v) is 13.6. The average Bonchev–Trinajstić information content (AvgIpc) is 3.40. The molecule has 0 spiro atoms. The molecule has 0 fully saturated rings. The summed E-state index contributed by atoms with van der Waals surface area (Å²) in [4.78, 5) is 30.8. The van der Waals surface area contributed by atoms with Crippen molar-refractivity contribution in [2.75, 3.05) is 0 Å². The maximum Gasteiger partial charge on any atom is 0.268 e. The molecule has 2 heterocycles. The Labute approximate surface area is 251 Å². The first kappa shape index (κ1) is 28.1. The lowest BCUT2D eigenvalue weighted by Gasteiger charge is -2.12. The number of carbonyl (C=O) groups excluding carboxylic acids is 2. The van der Waals surface area contributed by atoms with E-state index >= 15 is 0 Å². The topological polar surface area (TPSA) is 88.9 Å². The van der Waals surface area contributed by atoms with E-state index in [9.17, 15) is 9.59 Å². The van der Waals surface area contributed by atoms with Crippen molar-refractivity contribution in [2.45, 2.75) is 6.54 Å². The fraction of sp³-hybridized carbons (Fsp3) is 0.0323. The molecule has 204 valence electrons. The molecule has 0 bridgehead atoms. The van der Waals surface area contributed by atoms with Crippen LogP contribution in [-0.2, 0) is 11.3 Å². The minimum absolute atomic E-state index is 0.00202. The van der Waals surface area contributed by atoms with Gasteiger partial charge < -0.3 is 10.6 Å². The summed E-state index contributed by atoms with van der Waals surface area (Å²) < 4.78 is 1.71. The number of aromatic nitrogens is 3. The van der Waals surface area contributed by atoms with Crippen molar-refractivity contribution in [1.29, 1.82) is 0 Å². The van der Waals surface area contributed by atoms with Crippen molar-refractivity contribution in [3.8, 4) is 16.9 Å². The molecule has 0 atom stereocenters. The molecule has 5 rings (SSSR count). The van der Waals surface area contributed by atoms with Crippen LogP contribution < -0.4 is 10.6 Å². The maximum absolute atomic E-state index is 13.5. The predicted octanol–water partition coefficient (Wildman–Crippen LogP) is 6.98. The van der Waals surface area contributed by atoms with Crippen molar-refractivity contribution in [3.63, 3.8) is 0 Å². The molecule has 2 amide bonds. The van der Waals surface area contributed by atoms with Gasteiger partial charge in [-0.25, -0.2) is 4.68 Å². The quantitative estimate of drug-likeness (QED) is 0.188. The monoisotopic (exact) mass is 601 g/mol. The highest BCUT2D eigenvalue weighted by atomic mass is 35.5. The SMILES string of the molecule is O=C(NCc1cccnc1)C(=Cc1cn(-c2ccccc2)nc1-c1ccc(Cl)cc1)NC(=O)c1cc(Cl)cc(Cl)c1. The van der Waals surface area contributed by atoms with Gasteiger partial charge in [-0.2, -0.15) is 5.10 Å². The maximum atomic E-state index is 13.5. The smallest absolute Gasteiger partial charge is 0.268 e. The van der Waals surface area contributed by atoms with E-state index < -0.39 is 11.8 Å². The number of carbonyl (C=O) groups is 2. The van der Waals surface area contributed by atoms with Gasteiger partial charge in [-0.05, 0) is 60.2 Å². The summed E-state index contributed by atoms with van der Waals surface area (Å²) in [7, 11) is 0. The number of pyridine rings is 1. The van der Waals surface area contributed by atoms with Crippen LogP contribution in [0.5, 0.6) is 0 Å². The molecular weight excluding hydrogens is 581 g/mol. The number of nitrogens with one attached hydrogen (secondary N) is 2. The molecular formula is C31H22Cl3N5O2. The number of hydrogen-bond donors (Lipinski definition) is 2. The predicted molar refractivity (Wildman–Crippen MR) is 162 cm³/mol. The van der Waals surface area contributed by atoms with Crippen LogP contribution in [0, 0.1) is 0 Å². The molecule has 10 heteroatoms. The molecule has 0 unspecified atom stereocenters. The zero-order valence-electron chi connectivity index (χ0n) is 21.4. The van der Waals surface area contributed by atoms with Crippen LogP contribution in [0.25, 0.3) is 23.0 Å². The Kier molecular flexibility index (Phi) is 8.79. The Morgan fingerprint density at radius 1 is 0.854 bits per heavy atom. The van der Waals surface area contributed by atoms with Crippen molar-refractivity contribution in [2.24, 2.45) is 0 Å². The van der Waals surface area contributed by atoms with Crippen molar-refractivity contribution in [1.82, 2.24) is 25.4 Å².